The molecule has 0 radical (unpaired) electrons. The zero-order chi connectivity index (χ0) is 14.6. The second kappa shape index (κ2) is 6.59. The number of nitrogens with one attached hydrogen (secondary N) is 1. The van der Waals surface area contributed by atoms with Gasteiger partial charge in [-0.1, -0.05) is 36.9 Å². The van der Waals surface area contributed by atoms with E-state index in [0.29, 0.717) is 17.1 Å². The second-order valence-electron chi connectivity index (χ2n) is 5.87. The van der Waals surface area contributed by atoms with Crippen LogP contribution in [0.4, 0.5) is 0 Å². The maximum Gasteiger partial charge on any atom is 0.251 e. The predicted molar refractivity (Wildman–Crippen MR) is 81.1 cm³/mol. The summed E-state index contributed by atoms with van der Waals surface area (Å²) >= 11 is 6.04. The molecule has 1 aromatic rings. The highest BCUT2D eigenvalue weighted by Crippen LogP contribution is 2.35. The first-order chi connectivity index (χ1) is 9.56. The van der Waals surface area contributed by atoms with Gasteiger partial charge < -0.3 is 10.4 Å². The maximum atomic E-state index is 12.2. The molecule has 0 atom stereocenters. The third-order valence-corrected chi connectivity index (χ3v) is 4.71. The summed E-state index contributed by atoms with van der Waals surface area (Å²) in [6, 6.07) is 5.32. The summed E-state index contributed by atoms with van der Waals surface area (Å²) < 4.78 is 0. The summed E-state index contributed by atoms with van der Waals surface area (Å²) in [7, 11) is 0. The van der Waals surface area contributed by atoms with Gasteiger partial charge in [0.25, 0.3) is 5.91 Å². The third-order valence-electron chi connectivity index (χ3n) is 4.31. The Morgan fingerprint density at radius 1 is 1.35 bits per heavy atom. The van der Waals surface area contributed by atoms with E-state index in [9.17, 15) is 9.90 Å². The molecule has 0 saturated heterocycles. The van der Waals surface area contributed by atoms with Gasteiger partial charge in [0.15, 0.2) is 0 Å². The Morgan fingerprint density at radius 2 is 2.05 bits per heavy atom. The quantitative estimate of drug-likeness (QED) is 0.895. The first-order valence-corrected chi connectivity index (χ1v) is 7.59. The Morgan fingerprint density at radius 3 is 2.65 bits per heavy atom. The molecule has 2 N–H and O–H groups in total. The van der Waals surface area contributed by atoms with Crippen LogP contribution >= 0.6 is 11.6 Å². The topological polar surface area (TPSA) is 49.3 Å². The van der Waals surface area contributed by atoms with E-state index in [1.165, 1.54) is 6.42 Å². The number of carbonyl (C=O) groups is 1. The monoisotopic (exact) mass is 295 g/mol. The number of aryl methyl sites for hydroxylation is 1. The third kappa shape index (κ3) is 3.53. The van der Waals surface area contributed by atoms with Gasteiger partial charge in [0.2, 0.25) is 0 Å². The van der Waals surface area contributed by atoms with Crippen LogP contribution < -0.4 is 5.32 Å². The molecule has 0 aromatic heterocycles. The van der Waals surface area contributed by atoms with Crippen molar-refractivity contribution in [3.05, 3.63) is 34.3 Å². The SMILES string of the molecule is Cc1ccc(C(=O)NCC2(CO)CCCCC2)cc1Cl. The number of aliphatic hydroxyl groups excluding tert-OH is 1. The van der Waals surface area contributed by atoms with Crippen molar-refractivity contribution in [3.63, 3.8) is 0 Å². The molecule has 1 amide bonds. The zero-order valence-corrected chi connectivity index (χ0v) is 12.7. The average Bonchev–Trinajstić information content (AvgIpc) is 2.48. The minimum atomic E-state index is -0.137. The fourth-order valence-electron chi connectivity index (χ4n) is 2.80. The number of benzene rings is 1. The largest absolute Gasteiger partial charge is 0.396 e. The Hall–Kier alpha value is -1.06. The molecule has 2 rings (SSSR count). The predicted octanol–water partition coefficient (Wildman–Crippen LogP) is 3.32. The lowest BCUT2D eigenvalue weighted by Gasteiger charge is -2.35. The molecule has 1 aliphatic carbocycles. The first kappa shape index (κ1) is 15.3. The van der Waals surface area contributed by atoms with Crippen LogP contribution in [-0.4, -0.2) is 24.2 Å². The van der Waals surface area contributed by atoms with E-state index in [1.807, 2.05) is 13.0 Å². The minimum absolute atomic E-state index is 0.120. The lowest BCUT2D eigenvalue weighted by Crippen LogP contribution is -2.41. The van der Waals surface area contributed by atoms with Crippen LogP contribution in [0.3, 0.4) is 0 Å². The Kier molecular flexibility index (Phi) is 5.06. The van der Waals surface area contributed by atoms with Gasteiger partial charge in [0.1, 0.15) is 0 Å². The number of amides is 1. The summed E-state index contributed by atoms with van der Waals surface area (Å²) in [4.78, 5) is 12.2. The van der Waals surface area contributed by atoms with E-state index in [1.54, 1.807) is 12.1 Å². The summed E-state index contributed by atoms with van der Waals surface area (Å²) in [5.41, 5.74) is 1.40. The average molecular weight is 296 g/mol. The van der Waals surface area contributed by atoms with Gasteiger partial charge in [-0.25, -0.2) is 0 Å². The lowest BCUT2D eigenvalue weighted by molar-refractivity contribution is 0.0718. The van der Waals surface area contributed by atoms with Crippen molar-refractivity contribution in [2.45, 2.75) is 39.0 Å². The Balaban J connectivity index is 1.98. The molecular formula is C16H22ClNO2. The molecule has 1 aromatic carbocycles. The van der Waals surface area contributed by atoms with Crippen LogP contribution in [0, 0.1) is 12.3 Å². The van der Waals surface area contributed by atoms with E-state index in [-0.39, 0.29) is 17.9 Å². The van der Waals surface area contributed by atoms with Gasteiger partial charge in [-0.3, -0.25) is 4.79 Å². The van der Waals surface area contributed by atoms with Crippen molar-refractivity contribution >= 4 is 17.5 Å². The van der Waals surface area contributed by atoms with E-state index >= 15 is 0 Å². The highest BCUT2D eigenvalue weighted by molar-refractivity contribution is 6.31. The van der Waals surface area contributed by atoms with Gasteiger partial charge in [-0.05, 0) is 37.5 Å². The number of rotatable bonds is 4. The second-order valence-corrected chi connectivity index (χ2v) is 6.27. The van der Waals surface area contributed by atoms with E-state index < -0.39 is 0 Å². The summed E-state index contributed by atoms with van der Waals surface area (Å²) in [5, 5.41) is 13.2. The minimum Gasteiger partial charge on any atom is -0.396 e. The van der Waals surface area contributed by atoms with Gasteiger partial charge >= 0.3 is 0 Å². The molecule has 0 unspecified atom stereocenters. The normalized spacial score (nSPS) is 17.8. The number of hydrogen-bond donors (Lipinski definition) is 2. The van der Waals surface area contributed by atoms with E-state index in [0.717, 1.165) is 31.2 Å². The van der Waals surface area contributed by atoms with Crippen molar-refractivity contribution < 1.29 is 9.90 Å². The van der Waals surface area contributed by atoms with Crippen LogP contribution in [-0.2, 0) is 0 Å². The van der Waals surface area contributed by atoms with Crippen molar-refractivity contribution in [2.24, 2.45) is 5.41 Å². The first-order valence-electron chi connectivity index (χ1n) is 7.22. The van der Waals surface area contributed by atoms with E-state index in [4.69, 9.17) is 11.6 Å². The number of halogens is 1. The van der Waals surface area contributed by atoms with Crippen LogP contribution in [0.1, 0.15) is 48.0 Å². The molecule has 3 nitrogen and oxygen atoms in total. The molecule has 1 fully saturated rings. The molecule has 110 valence electrons. The number of hydrogen-bond acceptors (Lipinski definition) is 2. The van der Waals surface area contributed by atoms with E-state index in [2.05, 4.69) is 5.32 Å². The van der Waals surface area contributed by atoms with Gasteiger partial charge in [0, 0.05) is 22.5 Å². The van der Waals surface area contributed by atoms with Crippen molar-refractivity contribution in [1.29, 1.82) is 0 Å². The van der Waals surface area contributed by atoms with Crippen LogP contribution in [0.5, 0.6) is 0 Å². The van der Waals surface area contributed by atoms with Gasteiger partial charge in [0.05, 0.1) is 6.61 Å². The molecule has 0 aliphatic heterocycles. The highest BCUT2D eigenvalue weighted by Gasteiger charge is 2.31. The van der Waals surface area contributed by atoms with Gasteiger partial charge in [-0.2, -0.15) is 0 Å². The summed E-state index contributed by atoms with van der Waals surface area (Å²) in [6.45, 7) is 2.59. The number of aliphatic hydroxyl groups is 1. The Labute approximate surface area is 125 Å². The fourth-order valence-corrected chi connectivity index (χ4v) is 2.98. The van der Waals surface area contributed by atoms with Crippen molar-refractivity contribution in [3.8, 4) is 0 Å². The Bertz CT molecular complexity index is 481. The van der Waals surface area contributed by atoms with Crippen LogP contribution in [0.25, 0.3) is 0 Å². The maximum absolute atomic E-state index is 12.2. The molecule has 1 aliphatic rings. The molecule has 0 spiro atoms. The molecular weight excluding hydrogens is 274 g/mol. The summed E-state index contributed by atoms with van der Waals surface area (Å²) in [5.74, 6) is -0.120. The fraction of sp³-hybridized carbons (Fsp3) is 0.562. The molecule has 0 heterocycles. The molecule has 0 bridgehead atoms. The van der Waals surface area contributed by atoms with Crippen LogP contribution in [0.2, 0.25) is 5.02 Å². The van der Waals surface area contributed by atoms with Crippen LogP contribution in [0.15, 0.2) is 18.2 Å². The lowest BCUT2D eigenvalue weighted by atomic mass is 9.74. The number of carbonyl (C=O) groups excluding carboxylic acids is 1. The van der Waals surface area contributed by atoms with Crippen molar-refractivity contribution in [1.82, 2.24) is 5.32 Å². The highest BCUT2D eigenvalue weighted by atomic mass is 35.5. The smallest absolute Gasteiger partial charge is 0.251 e. The molecule has 20 heavy (non-hydrogen) atoms. The molecule has 4 heteroatoms. The standard InChI is InChI=1S/C16H22ClNO2/c1-12-5-6-13(9-14(12)17)15(20)18-10-16(11-19)7-3-2-4-8-16/h5-6,9,19H,2-4,7-8,10-11H2,1H3,(H,18,20). The summed E-state index contributed by atoms with van der Waals surface area (Å²) in [6.07, 6.45) is 5.46. The zero-order valence-electron chi connectivity index (χ0n) is 11.9. The molecule has 1 saturated carbocycles. The van der Waals surface area contributed by atoms with Gasteiger partial charge in [-0.15, -0.1) is 0 Å². The van der Waals surface area contributed by atoms with Crippen molar-refractivity contribution in [2.75, 3.05) is 13.2 Å².